The lowest BCUT2D eigenvalue weighted by molar-refractivity contribution is -0.131. The highest BCUT2D eigenvalue weighted by Gasteiger charge is 2.09. The van der Waals surface area contributed by atoms with Crippen LogP contribution in [0.5, 0.6) is 0 Å². The first-order chi connectivity index (χ1) is 15.5. The van der Waals surface area contributed by atoms with E-state index in [1.54, 1.807) is 25.1 Å². The topological polar surface area (TPSA) is 87.7 Å². The second kappa shape index (κ2) is 17.4. The molecule has 32 heavy (non-hydrogen) atoms. The van der Waals surface area contributed by atoms with Gasteiger partial charge >= 0.3 is 5.97 Å². The summed E-state index contributed by atoms with van der Waals surface area (Å²) in [4.78, 5) is 23.2. The second-order valence-corrected chi connectivity index (χ2v) is 8.34. The number of aliphatic carboxylic acids is 1. The van der Waals surface area contributed by atoms with Gasteiger partial charge in [-0.2, -0.15) is 0 Å². The van der Waals surface area contributed by atoms with Gasteiger partial charge in [-0.3, -0.25) is 4.79 Å². The highest BCUT2D eigenvalue weighted by atomic mass is 35.5. The highest BCUT2D eigenvalue weighted by molar-refractivity contribution is 6.33. The molecule has 0 atom stereocenters. The number of carbonyl (C=O) groups is 2. The van der Waals surface area contributed by atoms with Crippen LogP contribution < -0.4 is 10.6 Å². The standard InChI is InChI=1S/C25H39ClN2O4/c1-3-5-6-7-8-9-10-11-12-13-14-15-23(29)27-20-16-17-21(26)22(18-20)28-24(32-4-2)19-25(30)31/h16-19,28H,3-15H2,1-2H3,(H,27,29)(H,30,31)/b24-19-. The quantitative estimate of drug-likeness (QED) is 0.119. The Hall–Kier alpha value is -2.21. The maximum Gasteiger partial charge on any atom is 0.333 e. The Morgan fingerprint density at radius 3 is 2.09 bits per heavy atom. The smallest absolute Gasteiger partial charge is 0.333 e. The van der Waals surface area contributed by atoms with Gasteiger partial charge in [-0.25, -0.2) is 4.79 Å². The summed E-state index contributed by atoms with van der Waals surface area (Å²) in [6, 6.07) is 5.02. The van der Waals surface area contributed by atoms with Crippen LogP contribution in [0.1, 0.15) is 90.9 Å². The number of hydrogen-bond donors (Lipinski definition) is 3. The molecule has 1 aromatic rings. The number of amides is 1. The van der Waals surface area contributed by atoms with Gasteiger partial charge in [0.2, 0.25) is 5.91 Å². The number of rotatable bonds is 18. The zero-order valence-corrected chi connectivity index (χ0v) is 20.3. The van der Waals surface area contributed by atoms with Crippen LogP contribution in [-0.4, -0.2) is 23.6 Å². The van der Waals surface area contributed by atoms with Gasteiger partial charge in [0, 0.05) is 12.1 Å². The Bertz CT molecular complexity index is 722. The van der Waals surface area contributed by atoms with Crippen molar-refractivity contribution in [3.8, 4) is 0 Å². The summed E-state index contributed by atoms with van der Waals surface area (Å²) < 4.78 is 5.28. The van der Waals surface area contributed by atoms with E-state index in [0.29, 0.717) is 29.4 Å². The molecule has 1 rings (SSSR count). The molecule has 0 aliphatic rings. The molecule has 0 heterocycles. The number of carboxylic acids is 1. The molecule has 0 radical (unpaired) electrons. The Balaban J connectivity index is 2.33. The van der Waals surface area contributed by atoms with Crippen LogP contribution in [0.25, 0.3) is 0 Å². The lowest BCUT2D eigenvalue weighted by Gasteiger charge is -2.14. The molecule has 0 spiro atoms. The van der Waals surface area contributed by atoms with Crippen LogP contribution in [0.15, 0.2) is 30.2 Å². The fourth-order valence-electron chi connectivity index (χ4n) is 3.39. The maximum atomic E-state index is 12.3. The van der Waals surface area contributed by atoms with Gasteiger partial charge in [-0.1, -0.05) is 82.7 Å². The SMILES string of the molecule is CCCCCCCCCCCCCC(=O)Nc1ccc(Cl)c(N/C(=C/C(=O)O)OCC)c1. The molecule has 6 nitrogen and oxygen atoms in total. The van der Waals surface area contributed by atoms with Crippen molar-refractivity contribution in [3.63, 3.8) is 0 Å². The summed E-state index contributed by atoms with van der Waals surface area (Å²) in [7, 11) is 0. The van der Waals surface area contributed by atoms with Crippen molar-refractivity contribution in [2.75, 3.05) is 17.2 Å². The minimum Gasteiger partial charge on any atom is -0.479 e. The molecule has 3 N–H and O–H groups in total. The van der Waals surface area contributed by atoms with E-state index in [1.807, 2.05) is 0 Å². The third-order valence-electron chi connectivity index (χ3n) is 5.07. The number of benzene rings is 1. The number of halogens is 1. The van der Waals surface area contributed by atoms with Crippen LogP contribution in [0.2, 0.25) is 5.02 Å². The van der Waals surface area contributed by atoms with E-state index in [-0.39, 0.29) is 11.8 Å². The molecule has 0 saturated carbocycles. The fourth-order valence-corrected chi connectivity index (χ4v) is 3.55. The number of hydrogen-bond acceptors (Lipinski definition) is 4. The minimum absolute atomic E-state index is 0.0414. The number of anilines is 2. The van der Waals surface area contributed by atoms with Crippen molar-refractivity contribution in [3.05, 3.63) is 35.2 Å². The monoisotopic (exact) mass is 466 g/mol. The Morgan fingerprint density at radius 2 is 1.53 bits per heavy atom. The van der Waals surface area contributed by atoms with Crippen LogP contribution in [-0.2, 0) is 14.3 Å². The van der Waals surface area contributed by atoms with E-state index < -0.39 is 5.97 Å². The summed E-state index contributed by atoms with van der Waals surface area (Å²) in [5, 5.41) is 15.1. The normalized spacial score (nSPS) is 11.3. The first kappa shape index (κ1) is 27.8. The molecular weight excluding hydrogens is 428 g/mol. The van der Waals surface area contributed by atoms with E-state index in [0.717, 1.165) is 18.9 Å². The van der Waals surface area contributed by atoms with E-state index >= 15 is 0 Å². The zero-order valence-electron chi connectivity index (χ0n) is 19.6. The number of unbranched alkanes of at least 4 members (excludes halogenated alkanes) is 10. The number of carboxylic acid groups (broad SMARTS) is 1. The molecule has 0 unspecified atom stereocenters. The fraction of sp³-hybridized carbons (Fsp3) is 0.600. The third-order valence-corrected chi connectivity index (χ3v) is 5.40. The van der Waals surface area contributed by atoms with Gasteiger partial charge in [0.25, 0.3) is 0 Å². The van der Waals surface area contributed by atoms with Crippen LogP contribution in [0.4, 0.5) is 11.4 Å². The largest absolute Gasteiger partial charge is 0.479 e. The summed E-state index contributed by atoms with van der Waals surface area (Å²) >= 11 is 6.19. The molecule has 180 valence electrons. The van der Waals surface area contributed by atoms with E-state index in [1.165, 1.54) is 57.8 Å². The first-order valence-electron chi connectivity index (χ1n) is 11.9. The number of carbonyl (C=O) groups excluding carboxylic acids is 1. The highest BCUT2D eigenvalue weighted by Crippen LogP contribution is 2.27. The van der Waals surface area contributed by atoms with Crippen molar-refractivity contribution in [2.24, 2.45) is 0 Å². The second-order valence-electron chi connectivity index (χ2n) is 7.93. The average Bonchev–Trinajstić information content (AvgIpc) is 2.74. The van der Waals surface area contributed by atoms with Crippen LogP contribution >= 0.6 is 11.6 Å². The molecule has 1 aromatic carbocycles. The molecule has 0 saturated heterocycles. The van der Waals surface area contributed by atoms with Crippen molar-refractivity contribution < 1.29 is 19.4 Å². The summed E-state index contributed by atoms with van der Waals surface area (Å²) in [5.41, 5.74) is 1.05. The van der Waals surface area contributed by atoms with E-state index in [9.17, 15) is 9.59 Å². The Labute approximate surface area is 197 Å². The number of ether oxygens (including phenoxy) is 1. The zero-order chi connectivity index (χ0) is 23.6. The minimum atomic E-state index is -1.13. The van der Waals surface area contributed by atoms with Gasteiger partial charge in [0.15, 0.2) is 5.88 Å². The average molecular weight is 467 g/mol. The predicted molar refractivity (Wildman–Crippen MR) is 132 cm³/mol. The lowest BCUT2D eigenvalue weighted by Crippen LogP contribution is -2.12. The van der Waals surface area contributed by atoms with Gasteiger partial charge < -0.3 is 20.5 Å². The Kier molecular flexibility index (Phi) is 15.1. The third kappa shape index (κ3) is 13.3. The van der Waals surface area contributed by atoms with Gasteiger partial charge in [0.05, 0.1) is 23.4 Å². The summed E-state index contributed by atoms with van der Waals surface area (Å²) in [6.07, 6.45) is 15.1. The predicted octanol–water partition coefficient (Wildman–Crippen LogP) is 7.35. The lowest BCUT2D eigenvalue weighted by atomic mass is 10.1. The summed E-state index contributed by atoms with van der Waals surface area (Å²) in [6.45, 7) is 4.30. The van der Waals surface area contributed by atoms with Gasteiger partial charge in [0.1, 0.15) is 0 Å². The Morgan fingerprint density at radius 1 is 0.938 bits per heavy atom. The maximum absolute atomic E-state index is 12.3. The summed E-state index contributed by atoms with van der Waals surface area (Å²) in [5.74, 6) is -1.10. The first-order valence-corrected chi connectivity index (χ1v) is 12.3. The van der Waals surface area contributed by atoms with E-state index in [2.05, 4.69) is 17.6 Å². The molecule has 7 heteroatoms. The molecule has 0 aromatic heterocycles. The van der Waals surface area contributed by atoms with Gasteiger partial charge in [-0.15, -0.1) is 0 Å². The molecule has 0 bridgehead atoms. The van der Waals surface area contributed by atoms with Crippen molar-refractivity contribution in [1.82, 2.24) is 0 Å². The van der Waals surface area contributed by atoms with Crippen molar-refractivity contribution in [2.45, 2.75) is 90.9 Å². The van der Waals surface area contributed by atoms with Crippen molar-refractivity contribution in [1.29, 1.82) is 0 Å². The molecular formula is C25H39ClN2O4. The van der Waals surface area contributed by atoms with Crippen LogP contribution in [0, 0.1) is 0 Å². The molecule has 0 aliphatic carbocycles. The number of nitrogens with one attached hydrogen (secondary N) is 2. The van der Waals surface area contributed by atoms with Gasteiger partial charge in [-0.05, 0) is 31.5 Å². The molecule has 0 fully saturated rings. The van der Waals surface area contributed by atoms with Crippen LogP contribution in [0.3, 0.4) is 0 Å². The molecule has 1 amide bonds. The molecule has 0 aliphatic heterocycles. The van der Waals surface area contributed by atoms with E-state index in [4.69, 9.17) is 21.4 Å². The van der Waals surface area contributed by atoms with Crippen molar-refractivity contribution >= 4 is 34.9 Å².